The lowest BCUT2D eigenvalue weighted by atomic mass is 10.0. The van der Waals surface area contributed by atoms with Crippen LogP contribution in [-0.4, -0.2) is 24.7 Å². The average Bonchev–Trinajstić information content (AvgIpc) is 2.37. The quantitative estimate of drug-likeness (QED) is 0.619. The molecule has 9 heteroatoms. The van der Waals surface area contributed by atoms with E-state index in [0.29, 0.717) is 0 Å². The highest BCUT2D eigenvalue weighted by atomic mass is 19.4. The minimum Gasteiger partial charge on any atom is -0.481 e. The minimum atomic E-state index is -4.93. The first kappa shape index (κ1) is 17.1. The third-order valence-corrected chi connectivity index (χ3v) is 2.45. The Kier molecular flexibility index (Phi) is 5.45. The van der Waals surface area contributed by atoms with Crippen LogP contribution in [0.25, 0.3) is 0 Å². The number of carbonyl (C=O) groups is 1. The van der Waals surface area contributed by atoms with Gasteiger partial charge in [0.1, 0.15) is 5.69 Å². The van der Waals surface area contributed by atoms with Gasteiger partial charge in [-0.1, -0.05) is 0 Å². The van der Waals surface area contributed by atoms with E-state index in [1.807, 2.05) is 0 Å². The monoisotopic (exact) mass is 313 g/mol. The van der Waals surface area contributed by atoms with Gasteiger partial charge >= 0.3 is 12.1 Å². The topological polar surface area (TPSA) is 48.4 Å². The Bertz CT molecular complexity index is 516. The van der Waals surface area contributed by atoms with Crippen molar-refractivity contribution in [1.82, 2.24) is 4.98 Å². The van der Waals surface area contributed by atoms with Crippen LogP contribution in [0.4, 0.5) is 22.0 Å². The first-order valence-electron chi connectivity index (χ1n) is 5.79. The van der Waals surface area contributed by atoms with Gasteiger partial charge in [-0.05, 0) is 13.0 Å². The van der Waals surface area contributed by atoms with Crippen LogP contribution in [0.3, 0.4) is 0 Å². The fourth-order valence-corrected chi connectivity index (χ4v) is 1.63. The number of nitrogens with zero attached hydrogens (tertiary/aromatic N) is 1. The van der Waals surface area contributed by atoms with Crippen molar-refractivity contribution in [3.63, 3.8) is 0 Å². The standard InChI is InChI=1S/C12H12F5NO3/c1-3-21-9(19)4-6-7(12(15,16)17)5-8(10(13)14)18-11(6)20-2/h5,10H,3-4H2,1-2H3. The molecule has 0 saturated carbocycles. The summed E-state index contributed by atoms with van der Waals surface area (Å²) >= 11 is 0. The maximum absolute atomic E-state index is 13.0. The van der Waals surface area contributed by atoms with Crippen LogP contribution in [0.5, 0.6) is 5.88 Å². The summed E-state index contributed by atoms with van der Waals surface area (Å²) in [6.45, 7) is 1.46. The molecule has 1 aromatic rings. The number of aromatic nitrogens is 1. The third kappa shape index (κ3) is 4.27. The molecular weight excluding hydrogens is 301 g/mol. The molecule has 0 saturated heterocycles. The number of pyridine rings is 1. The summed E-state index contributed by atoms with van der Waals surface area (Å²) in [5, 5.41) is 0. The van der Waals surface area contributed by atoms with E-state index in [4.69, 9.17) is 0 Å². The third-order valence-electron chi connectivity index (χ3n) is 2.45. The lowest BCUT2D eigenvalue weighted by Crippen LogP contribution is -2.17. The highest BCUT2D eigenvalue weighted by Gasteiger charge is 2.37. The van der Waals surface area contributed by atoms with Gasteiger partial charge in [0.15, 0.2) is 0 Å². The molecule has 0 fully saturated rings. The van der Waals surface area contributed by atoms with Crippen molar-refractivity contribution in [2.75, 3.05) is 13.7 Å². The zero-order valence-corrected chi connectivity index (χ0v) is 11.1. The summed E-state index contributed by atoms with van der Waals surface area (Å²) in [6.07, 6.45) is -8.90. The van der Waals surface area contributed by atoms with Gasteiger partial charge < -0.3 is 9.47 Å². The molecule has 0 aliphatic rings. The first-order valence-corrected chi connectivity index (χ1v) is 5.79. The van der Waals surface area contributed by atoms with Crippen LogP contribution in [0.2, 0.25) is 0 Å². The predicted molar refractivity (Wildman–Crippen MR) is 61.1 cm³/mol. The number of halogens is 5. The van der Waals surface area contributed by atoms with Crippen LogP contribution in [0, 0.1) is 0 Å². The SMILES string of the molecule is CCOC(=O)Cc1c(C(F)(F)F)cc(C(F)F)nc1OC. The molecular formula is C12H12F5NO3. The zero-order chi connectivity index (χ0) is 16.2. The van der Waals surface area contributed by atoms with E-state index >= 15 is 0 Å². The molecule has 0 N–H and O–H groups in total. The molecule has 4 nitrogen and oxygen atoms in total. The first-order chi connectivity index (χ1) is 9.70. The largest absolute Gasteiger partial charge is 0.481 e. The maximum Gasteiger partial charge on any atom is 0.416 e. The van der Waals surface area contributed by atoms with Gasteiger partial charge in [-0.15, -0.1) is 0 Å². The smallest absolute Gasteiger partial charge is 0.416 e. The van der Waals surface area contributed by atoms with E-state index in [0.717, 1.165) is 7.11 Å². The van der Waals surface area contributed by atoms with Gasteiger partial charge in [-0.3, -0.25) is 4.79 Å². The van der Waals surface area contributed by atoms with Gasteiger partial charge in [0, 0.05) is 5.56 Å². The number of hydrogen-bond donors (Lipinski definition) is 0. The molecule has 21 heavy (non-hydrogen) atoms. The molecule has 0 unspecified atom stereocenters. The molecule has 0 aromatic carbocycles. The van der Waals surface area contributed by atoms with Crippen molar-refractivity contribution >= 4 is 5.97 Å². The summed E-state index contributed by atoms with van der Waals surface area (Å²) in [5.41, 5.74) is -3.10. The van der Waals surface area contributed by atoms with Crippen LogP contribution < -0.4 is 4.74 Å². The van der Waals surface area contributed by atoms with Gasteiger partial charge in [-0.25, -0.2) is 13.8 Å². The van der Waals surface area contributed by atoms with Crippen LogP contribution in [0.1, 0.15) is 30.2 Å². The molecule has 0 spiro atoms. The number of methoxy groups -OCH3 is 1. The van der Waals surface area contributed by atoms with Gasteiger partial charge in [-0.2, -0.15) is 13.2 Å². The Morgan fingerprint density at radius 2 is 2.00 bits per heavy atom. The number of hydrogen-bond acceptors (Lipinski definition) is 4. The minimum absolute atomic E-state index is 0.0228. The van der Waals surface area contributed by atoms with Gasteiger partial charge in [0.25, 0.3) is 6.43 Å². The molecule has 0 atom stereocenters. The Morgan fingerprint density at radius 3 is 2.43 bits per heavy atom. The van der Waals surface area contributed by atoms with Crippen LogP contribution in [-0.2, 0) is 22.1 Å². The van der Waals surface area contributed by atoms with E-state index in [1.165, 1.54) is 6.92 Å². The number of rotatable bonds is 5. The summed E-state index contributed by atoms with van der Waals surface area (Å²) in [4.78, 5) is 14.7. The van der Waals surface area contributed by atoms with E-state index in [2.05, 4.69) is 14.5 Å². The number of ether oxygens (including phenoxy) is 2. The molecule has 0 aliphatic carbocycles. The summed E-state index contributed by atoms with van der Waals surface area (Å²) in [5.74, 6) is -1.61. The normalized spacial score (nSPS) is 11.6. The molecule has 0 radical (unpaired) electrons. The van der Waals surface area contributed by atoms with E-state index in [9.17, 15) is 26.7 Å². The van der Waals surface area contributed by atoms with Crippen LogP contribution in [0.15, 0.2) is 6.07 Å². The van der Waals surface area contributed by atoms with Crippen molar-refractivity contribution in [3.8, 4) is 5.88 Å². The van der Waals surface area contributed by atoms with Crippen molar-refractivity contribution < 1.29 is 36.2 Å². The summed E-state index contributed by atoms with van der Waals surface area (Å²) < 4.78 is 73.2. The second kappa shape index (κ2) is 6.68. The van der Waals surface area contributed by atoms with Crippen molar-refractivity contribution in [3.05, 3.63) is 22.9 Å². The molecule has 1 rings (SSSR count). The zero-order valence-electron chi connectivity index (χ0n) is 11.1. The molecule has 0 amide bonds. The second-order valence-electron chi connectivity index (χ2n) is 3.86. The molecule has 1 heterocycles. The lowest BCUT2D eigenvalue weighted by Gasteiger charge is -2.16. The highest BCUT2D eigenvalue weighted by Crippen LogP contribution is 2.37. The highest BCUT2D eigenvalue weighted by molar-refractivity contribution is 5.74. The van der Waals surface area contributed by atoms with Crippen molar-refractivity contribution in [2.45, 2.75) is 25.9 Å². The van der Waals surface area contributed by atoms with Crippen molar-refractivity contribution in [1.29, 1.82) is 0 Å². The second-order valence-corrected chi connectivity index (χ2v) is 3.86. The lowest BCUT2D eigenvalue weighted by molar-refractivity contribution is -0.143. The fourth-order valence-electron chi connectivity index (χ4n) is 1.63. The summed E-state index contributed by atoms with van der Waals surface area (Å²) in [7, 11) is 0.979. The van der Waals surface area contributed by atoms with E-state index in [-0.39, 0.29) is 12.7 Å². The van der Waals surface area contributed by atoms with E-state index < -0.39 is 47.7 Å². The fraction of sp³-hybridized carbons (Fsp3) is 0.500. The summed E-state index contributed by atoms with van der Waals surface area (Å²) in [6, 6.07) is 0.210. The molecule has 0 aliphatic heterocycles. The molecule has 118 valence electrons. The van der Waals surface area contributed by atoms with E-state index in [1.54, 1.807) is 0 Å². The number of esters is 1. The Labute approximate surface area is 116 Å². The average molecular weight is 313 g/mol. The van der Waals surface area contributed by atoms with Gasteiger partial charge in [0.05, 0.1) is 25.7 Å². The molecule has 0 bridgehead atoms. The Morgan fingerprint density at radius 1 is 1.38 bits per heavy atom. The van der Waals surface area contributed by atoms with Gasteiger partial charge in [0.2, 0.25) is 5.88 Å². The number of alkyl halides is 5. The Balaban J connectivity index is 3.40. The van der Waals surface area contributed by atoms with Crippen LogP contribution >= 0.6 is 0 Å². The predicted octanol–water partition coefficient (Wildman–Crippen LogP) is 3.15. The maximum atomic E-state index is 13.0. The number of carbonyl (C=O) groups excluding carboxylic acids is 1. The molecule has 1 aromatic heterocycles. The van der Waals surface area contributed by atoms with Crippen molar-refractivity contribution in [2.24, 2.45) is 0 Å². The Hall–Kier alpha value is -1.93.